The summed E-state index contributed by atoms with van der Waals surface area (Å²) in [5, 5.41) is 0. The quantitative estimate of drug-likeness (QED) is 0.445. The zero-order valence-electron chi connectivity index (χ0n) is 5.66. The fourth-order valence-corrected chi connectivity index (χ4v) is 0.997. The monoisotopic (exact) mass is 166 g/mol. The second kappa shape index (κ2) is 6.44. The smallest absolute Gasteiger partial charge is 0.0445 e. The molecule has 0 nitrogen and oxygen atoms in total. The minimum atomic E-state index is 0.573. The molecule has 0 atom stereocenters. The van der Waals surface area contributed by atoms with Crippen LogP contribution >= 0.6 is 23.2 Å². The summed E-state index contributed by atoms with van der Waals surface area (Å²) < 4.78 is 0. The Kier molecular flexibility index (Phi) is 6.67. The lowest BCUT2D eigenvalue weighted by Crippen LogP contribution is -1.85. The van der Waals surface area contributed by atoms with Gasteiger partial charge in [-0.1, -0.05) is 19.4 Å². The van der Waals surface area contributed by atoms with Gasteiger partial charge in [-0.3, -0.25) is 0 Å². The van der Waals surface area contributed by atoms with E-state index in [4.69, 9.17) is 23.2 Å². The molecule has 0 aromatic rings. The Balaban J connectivity index is 3.48. The van der Waals surface area contributed by atoms with E-state index in [2.05, 4.69) is 13.0 Å². The van der Waals surface area contributed by atoms with Crippen LogP contribution in [0.25, 0.3) is 0 Å². The lowest BCUT2D eigenvalue weighted by Gasteiger charge is -1.94. The van der Waals surface area contributed by atoms with Crippen molar-refractivity contribution in [1.29, 1.82) is 0 Å². The first kappa shape index (κ1) is 9.32. The highest BCUT2D eigenvalue weighted by Crippen LogP contribution is 2.03. The molecule has 0 saturated carbocycles. The minimum Gasteiger partial charge on any atom is -0.122 e. The summed E-state index contributed by atoms with van der Waals surface area (Å²) in [4.78, 5) is 0. The molecule has 9 heavy (non-hydrogen) atoms. The van der Waals surface area contributed by atoms with E-state index in [1.165, 1.54) is 0 Å². The van der Waals surface area contributed by atoms with E-state index in [9.17, 15) is 0 Å². The van der Waals surface area contributed by atoms with Gasteiger partial charge in [0.2, 0.25) is 0 Å². The maximum atomic E-state index is 5.55. The molecule has 0 heterocycles. The van der Waals surface area contributed by atoms with Gasteiger partial charge in [-0.2, -0.15) is 0 Å². The Bertz CT molecular complexity index is 80.9. The van der Waals surface area contributed by atoms with Crippen molar-refractivity contribution < 1.29 is 0 Å². The molecule has 0 spiro atoms. The summed E-state index contributed by atoms with van der Waals surface area (Å²) in [5.74, 6) is 1.15. The van der Waals surface area contributed by atoms with Gasteiger partial charge in [0.05, 0.1) is 0 Å². The van der Waals surface area contributed by atoms with E-state index in [0.29, 0.717) is 11.8 Å². The first-order valence-corrected chi connectivity index (χ1v) is 4.21. The average molecular weight is 167 g/mol. The van der Waals surface area contributed by atoms with Gasteiger partial charge < -0.3 is 0 Å². The second-order valence-corrected chi connectivity index (χ2v) is 2.45. The molecular formula is C7H12Cl2. The van der Waals surface area contributed by atoms with Crippen LogP contribution in [0.3, 0.4) is 0 Å². The molecule has 0 rings (SSSR count). The average Bonchev–Trinajstić information content (AvgIpc) is 1.91. The van der Waals surface area contributed by atoms with Crippen LogP contribution in [0, 0.1) is 0 Å². The van der Waals surface area contributed by atoms with E-state index in [1.807, 2.05) is 0 Å². The maximum Gasteiger partial charge on any atom is 0.0445 e. The van der Waals surface area contributed by atoms with Crippen molar-refractivity contribution in [2.24, 2.45) is 0 Å². The fraction of sp³-hybridized carbons (Fsp3) is 0.714. The molecule has 0 unspecified atom stereocenters. The van der Waals surface area contributed by atoms with Crippen LogP contribution in [0.4, 0.5) is 0 Å². The molecular weight excluding hydrogens is 155 g/mol. The lowest BCUT2D eigenvalue weighted by atomic mass is 10.2. The fourth-order valence-electron chi connectivity index (χ4n) is 0.493. The van der Waals surface area contributed by atoms with Gasteiger partial charge in [0.15, 0.2) is 0 Å². The van der Waals surface area contributed by atoms with Crippen LogP contribution in [-0.4, -0.2) is 11.8 Å². The Morgan fingerprint density at radius 3 is 2.22 bits per heavy atom. The molecule has 0 aromatic carbocycles. The van der Waals surface area contributed by atoms with Crippen LogP contribution in [-0.2, 0) is 0 Å². The Morgan fingerprint density at radius 1 is 1.33 bits per heavy atom. The number of hydrogen-bond donors (Lipinski definition) is 0. The number of unbranched alkanes of at least 4 members (excludes halogenated alkanes) is 1. The molecule has 0 fully saturated rings. The van der Waals surface area contributed by atoms with Gasteiger partial charge in [-0.15, -0.1) is 23.2 Å². The minimum absolute atomic E-state index is 0.573. The van der Waals surface area contributed by atoms with Crippen LogP contribution in [0.5, 0.6) is 0 Å². The number of halogens is 2. The van der Waals surface area contributed by atoms with Crippen LogP contribution in [0.2, 0.25) is 0 Å². The third kappa shape index (κ3) is 4.80. The van der Waals surface area contributed by atoms with Crippen molar-refractivity contribution in [2.45, 2.75) is 19.8 Å². The standard InChI is InChI=1S/C7H12Cl2/c1-2-3-4-7(5-8)6-9/h4H,2-3,5-6H2,1H3. The summed E-state index contributed by atoms with van der Waals surface area (Å²) >= 11 is 11.1. The first-order valence-electron chi connectivity index (χ1n) is 3.15. The molecule has 0 amide bonds. The number of alkyl halides is 2. The molecule has 0 aliphatic rings. The number of rotatable bonds is 4. The van der Waals surface area contributed by atoms with Gasteiger partial charge in [0.1, 0.15) is 0 Å². The van der Waals surface area contributed by atoms with Gasteiger partial charge >= 0.3 is 0 Å². The topological polar surface area (TPSA) is 0 Å². The summed E-state index contributed by atoms with van der Waals surface area (Å²) in [7, 11) is 0. The highest BCUT2D eigenvalue weighted by molar-refractivity contribution is 6.23. The highest BCUT2D eigenvalue weighted by atomic mass is 35.5. The van der Waals surface area contributed by atoms with Crippen molar-refractivity contribution >= 4 is 23.2 Å². The predicted octanol–water partition coefficient (Wildman–Crippen LogP) is 3.19. The van der Waals surface area contributed by atoms with E-state index in [1.54, 1.807) is 0 Å². The van der Waals surface area contributed by atoms with Gasteiger partial charge in [-0.05, 0) is 12.0 Å². The predicted molar refractivity (Wildman–Crippen MR) is 44.4 cm³/mol. The van der Waals surface area contributed by atoms with Crippen molar-refractivity contribution in [1.82, 2.24) is 0 Å². The number of hydrogen-bond acceptors (Lipinski definition) is 0. The van der Waals surface area contributed by atoms with Crippen molar-refractivity contribution in [3.8, 4) is 0 Å². The van der Waals surface area contributed by atoms with Crippen molar-refractivity contribution in [3.63, 3.8) is 0 Å². The Hall–Kier alpha value is 0.320. The SMILES string of the molecule is CCCC=C(CCl)CCl. The summed E-state index contributed by atoms with van der Waals surface area (Å²) in [6.07, 6.45) is 4.37. The van der Waals surface area contributed by atoms with E-state index in [0.717, 1.165) is 18.4 Å². The third-order valence-corrected chi connectivity index (χ3v) is 1.75. The zero-order valence-corrected chi connectivity index (χ0v) is 7.17. The highest BCUT2D eigenvalue weighted by Gasteiger charge is 1.89. The molecule has 0 bridgehead atoms. The molecule has 0 aromatic heterocycles. The lowest BCUT2D eigenvalue weighted by molar-refractivity contribution is 0.949. The number of allylic oxidation sites excluding steroid dienone is 2. The van der Waals surface area contributed by atoms with Gasteiger partial charge in [-0.25, -0.2) is 0 Å². The molecule has 0 saturated heterocycles. The van der Waals surface area contributed by atoms with E-state index >= 15 is 0 Å². The van der Waals surface area contributed by atoms with Crippen LogP contribution in [0.1, 0.15) is 19.8 Å². The molecule has 0 radical (unpaired) electrons. The molecule has 2 heteroatoms. The van der Waals surface area contributed by atoms with Gasteiger partial charge in [0.25, 0.3) is 0 Å². The van der Waals surface area contributed by atoms with Crippen molar-refractivity contribution in [3.05, 3.63) is 11.6 Å². The normalized spacial score (nSPS) is 9.22. The van der Waals surface area contributed by atoms with E-state index < -0.39 is 0 Å². The summed E-state index contributed by atoms with van der Waals surface area (Å²) in [6.45, 7) is 2.14. The van der Waals surface area contributed by atoms with Crippen LogP contribution < -0.4 is 0 Å². The Morgan fingerprint density at radius 2 is 1.89 bits per heavy atom. The molecule has 0 N–H and O–H groups in total. The molecule has 54 valence electrons. The third-order valence-electron chi connectivity index (χ3n) is 1.06. The van der Waals surface area contributed by atoms with Gasteiger partial charge in [0, 0.05) is 11.8 Å². The molecule has 0 aliphatic heterocycles. The van der Waals surface area contributed by atoms with Crippen LogP contribution in [0.15, 0.2) is 11.6 Å². The van der Waals surface area contributed by atoms with Crippen molar-refractivity contribution in [2.75, 3.05) is 11.8 Å². The Labute approximate surface area is 66.8 Å². The first-order chi connectivity index (χ1) is 4.35. The summed E-state index contributed by atoms with van der Waals surface area (Å²) in [6, 6.07) is 0. The second-order valence-electron chi connectivity index (χ2n) is 1.92. The largest absolute Gasteiger partial charge is 0.122 e. The maximum absolute atomic E-state index is 5.55. The van der Waals surface area contributed by atoms with E-state index in [-0.39, 0.29) is 0 Å². The summed E-state index contributed by atoms with van der Waals surface area (Å²) in [5.41, 5.74) is 1.14. The molecule has 0 aliphatic carbocycles. The zero-order chi connectivity index (χ0) is 7.11.